The summed E-state index contributed by atoms with van der Waals surface area (Å²) in [5.74, 6) is -0.226. The van der Waals surface area contributed by atoms with E-state index in [0.717, 1.165) is 6.42 Å². The van der Waals surface area contributed by atoms with Crippen LogP contribution < -0.4 is 0 Å². The Labute approximate surface area is 119 Å². The minimum Gasteiger partial charge on any atom is -0.469 e. The molecular formula is C16H21NO3. The summed E-state index contributed by atoms with van der Waals surface area (Å²) in [6.45, 7) is 0. The van der Waals surface area contributed by atoms with Crippen molar-refractivity contribution < 1.29 is 14.6 Å². The molecule has 2 heterocycles. The first-order valence-corrected chi connectivity index (χ1v) is 7.16. The number of rotatable bonds is 2. The summed E-state index contributed by atoms with van der Waals surface area (Å²) in [5, 5.41) is 10.2. The number of fused-ring (bicyclic) bond motifs is 2. The molecule has 0 spiro atoms. The largest absolute Gasteiger partial charge is 0.469 e. The number of nitrogens with zero attached hydrogens (tertiary/aromatic N) is 1. The van der Waals surface area contributed by atoms with Crippen molar-refractivity contribution in [3.63, 3.8) is 0 Å². The van der Waals surface area contributed by atoms with Crippen LogP contribution in [-0.2, 0) is 9.53 Å². The second kappa shape index (κ2) is 5.19. The molecule has 3 rings (SSSR count). The molecule has 0 aliphatic carbocycles. The van der Waals surface area contributed by atoms with E-state index in [9.17, 15) is 9.90 Å². The Hall–Kier alpha value is -1.39. The second-order valence-corrected chi connectivity index (χ2v) is 5.91. The lowest BCUT2D eigenvalue weighted by Gasteiger charge is -2.41. The van der Waals surface area contributed by atoms with E-state index in [4.69, 9.17) is 4.74 Å². The number of aliphatic hydroxyl groups is 1. The van der Waals surface area contributed by atoms with Crippen molar-refractivity contribution in [3.8, 4) is 0 Å². The van der Waals surface area contributed by atoms with Gasteiger partial charge in [-0.05, 0) is 25.5 Å². The van der Waals surface area contributed by atoms with E-state index in [1.807, 2.05) is 25.2 Å². The molecule has 0 saturated carbocycles. The Morgan fingerprint density at radius 1 is 1.25 bits per heavy atom. The molecule has 4 heteroatoms. The fourth-order valence-corrected chi connectivity index (χ4v) is 3.99. The quantitative estimate of drug-likeness (QED) is 0.829. The van der Waals surface area contributed by atoms with Crippen LogP contribution in [0.25, 0.3) is 0 Å². The van der Waals surface area contributed by atoms with Crippen molar-refractivity contribution in [2.24, 2.45) is 5.92 Å². The molecule has 0 aromatic heterocycles. The molecule has 20 heavy (non-hydrogen) atoms. The zero-order valence-electron chi connectivity index (χ0n) is 11.9. The van der Waals surface area contributed by atoms with Crippen molar-refractivity contribution in [1.29, 1.82) is 0 Å². The summed E-state index contributed by atoms with van der Waals surface area (Å²) in [7, 11) is 3.45. The molecule has 0 unspecified atom stereocenters. The SMILES string of the molecule is COC(=O)[C@H]1[C@@H](c2ccccc2)C[C@H]2[C@@H](O)C[C@H]1N2C. The zero-order chi connectivity index (χ0) is 14.3. The van der Waals surface area contributed by atoms with E-state index in [-0.39, 0.29) is 36.0 Å². The van der Waals surface area contributed by atoms with Crippen LogP contribution in [0.3, 0.4) is 0 Å². The average molecular weight is 275 g/mol. The van der Waals surface area contributed by atoms with Crippen molar-refractivity contribution in [1.82, 2.24) is 4.90 Å². The first kappa shape index (κ1) is 13.6. The summed E-state index contributed by atoms with van der Waals surface area (Å²) < 4.78 is 5.03. The van der Waals surface area contributed by atoms with E-state index in [0.29, 0.717) is 6.42 Å². The molecule has 1 aromatic carbocycles. The highest BCUT2D eigenvalue weighted by Crippen LogP contribution is 2.46. The summed E-state index contributed by atoms with van der Waals surface area (Å²) in [6.07, 6.45) is 1.12. The molecule has 0 amide bonds. The number of hydrogen-bond acceptors (Lipinski definition) is 4. The first-order valence-electron chi connectivity index (χ1n) is 7.16. The van der Waals surface area contributed by atoms with Gasteiger partial charge in [0.2, 0.25) is 0 Å². The molecule has 108 valence electrons. The minimum absolute atomic E-state index is 0.0707. The topological polar surface area (TPSA) is 49.8 Å². The zero-order valence-corrected chi connectivity index (χ0v) is 11.9. The Kier molecular flexibility index (Phi) is 3.52. The molecular weight excluding hydrogens is 254 g/mol. The average Bonchev–Trinajstić information content (AvgIpc) is 2.66. The Bertz CT molecular complexity index is 490. The number of piperidine rings is 1. The standard InChI is InChI=1S/C16H21NO3/c1-17-12-8-11(10-6-4-3-5-7-10)15(16(19)20-2)13(17)9-14(12)18/h3-7,11-15,18H,8-9H2,1-2H3/t11-,12+,13-,14+,15+/m1/s1. The molecule has 0 radical (unpaired) electrons. The fraction of sp³-hybridized carbons (Fsp3) is 0.562. The van der Waals surface area contributed by atoms with E-state index >= 15 is 0 Å². The predicted octanol–water partition coefficient (Wildman–Crippen LogP) is 1.40. The molecule has 2 saturated heterocycles. The first-order chi connectivity index (χ1) is 9.63. The van der Waals surface area contributed by atoms with Crippen LogP contribution in [0.2, 0.25) is 0 Å². The van der Waals surface area contributed by atoms with Gasteiger partial charge in [0, 0.05) is 18.0 Å². The second-order valence-electron chi connectivity index (χ2n) is 5.91. The van der Waals surface area contributed by atoms with Gasteiger partial charge < -0.3 is 9.84 Å². The third-order valence-corrected chi connectivity index (χ3v) is 5.02. The maximum absolute atomic E-state index is 12.3. The number of carbonyl (C=O) groups excluding carboxylic acids is 1. The number of esters is 1. The van der Waals surface area contributed by atoms with Gasteiger partial charge >= 0.3 is 5.97 Å². The Morgan fingerprint density at radius 3 is 2.60 bits per heavy atom. The van der Waals surface area contributed by atoms with Gasteiger partial charge in [0.05, 0.1) is 19.1 Å². The van der Waals surface area contributed by atoms with Crippen LogP contribution in [0.1, 0.15) is 24.3 Å². The lowest BCUT2D eigenvalue weighted by molar-refractivity contribution is -0.150. The van der Waals surface area contributed by atoms with E-state index in [2.05, 4.69) is 17.0 Å². The van der Waals surface area contributed by atoms with E-state index in [1.165, 1.54) is 12.7 Å². The van der Waals surface area contributed by atoms with Crippen LogP contribution in [-0.4, -0.2) is 48.3 Å². The summed E-state index contributed by atoms with van der Waals surface area (Å²) in [4.78, 5) is 14.4. The van der Waals surface area contributed by atoms with Gasteiger partial charge in [0.1, 0.15) is 0 Å². The lowest BCUT2D eigenvalue weighted by atomic mass is 9.76. The van der Waals surface area contributed by atoms with Crippen LogP contribution >= 0.6 is 0 Å². The van der Waals surface area contributed by atoms with E-state index in [1.54, 1.807) is 0 Å². The lowest BCUT2D eigenvalue weighted by Crippen LogP contribution is -2.49. The molecule has 1 N–H and O–H groups in total. The third-order valence-electron chi connectivity index (χ3n) is 5.02. The van der Waals surface area contributed by atoms with Crippen LogP contribution in [0.5, 0.6) is 0 Å². The van der Waals surface area contributed by atoms with Gasteiger partial charge in [-0.2, -0.15) is 0 Å². The molecule has 2 fully saturated rings. The summed E-state index contributed by atoms with van der Waals surface area (Å²) in [5.41, 5.74) is 1.17. The van der Waals surface area contributed by atoms with Crippen LogP contribution in [0.15, 0.2) is 30.3 Å². The number of carbonyl (C=O) groups is 1. The molecule has 5 atom stereocenters. The summed E-state index contributed by atoms with van der Waals surface area (Å²) >= 11 is 0. The van der Waals surface area contributed by atoms with Crippen molar-refractivity contribution in [3.05, 3.63) is 35.9 Å². The maximum atomic E-state index is 12.3. The van der Waals surface area contributed by atoms with Crippen LogP contribution in [0, 0.1) is 5.92 Å². The van der Waals surface area contributed by atoms with Gasteiger partial charge in [-0.1, -0.05) is 30.3 Å². The molecule has 2 bridgehead atoms. The number of hydrogen-bond donors (Lipinski definition) is 1. The highest BCUT2D eigenvalue weighted by atomic mass is 16.5. The van der Waals surface area contributed by atoms with Crippen molar-refractivity contribution in [2.45, 2.75) is 36.9 Å². The van der Waals surface area contributed by atoms with Gasteiger partial charge in [-0.15, -0.1) is 0 Å². The highest BCUT2D eigenvalue weighted by Gasteiger charge is 2.53. The van der Waals surface area contributed by atoms with Crippen molar-refractivity contribution in [2.75, 3.05) is 14.2 Å². The smallest absolute Gasteiger partial charge is 0.310 e. The summed E-state index contributed by atoms with van der Waals surface area (Å²) in [6, 6.07) is 10.3. The monoisotopic (exact) mass is 275 g/mol. The van der Waals surface area contributed by atoms with Gasteiger partial charge in [0.25, 0.3) is 0 Å². The van der Waals surface area contributed by atoms with Gasteiger partial charge in [0.15, 0.2) is 0 Å². The number of likely N-dealkylation sites (N-methyl/N-ethyl adjacent to an activating group) is 1. The predicted molar refractivity (Wildman–Crippen MR) is 75.3 cm³/mol. The Morgan fingerprint density at radius 2 is 1.95 bits per heavy atom. The number of benzene rings is 1. The third kappa shape index (κ3) is 2.03. The fourth-order valence-electron chi connectivity index (χ4n) is 3.99. The maximum Gasteiger partial charge on any atom is 0.310 e. The minimum atomic E-state index is -0.342. The Balaban J connectivity index is 1.98. The highest BCUT2D eigenvalue weighted by molar-refractivity contribution is 5.75. The molecule has 2 aliphatic rings. The van der Waals surface area contributed by atoms with Crippen molar-refractivity contribution >= 4 is 5.97 Å². The molecule has 2 aliphatic heterocycles. The molecule has 4 nitrogen and oxygen atoms in total. The number of aliphatic hydroxyl groups excluding tert-OH is 1. The molecule has 1 aromatic rings. The number of ether oxygens (including phenoxy) is 1. The number of methoxy groups -OCH3 is 1. The van der Waals surface area contributed by atoms with Crippen LogP contribution in [0.4, 0.5) is 0 Å². The van der Waals surface area contributed by atoms with Gasteiger partial charge in [-0.25, -0.2) is 0 Å². The van der Waals surface area contributed by atoms with Gasteiger partial charge in [-0.3, -0.25) is 9.69 Å². The van der Waals surface area contributed by atoms with E-state index < -0.39 is 0 Å². The normalized spacial score (nSPS) is 36.9.